The topological polar surface area (TPSA) is 93.1 Å². The van der Waals surface area contributed by atoms with Gasteiger partial charge in [-0.2, -0.15) is 9.58 Å². The summed E-state index contributed by atoms with van der Waals surface area (Å²) in [5.41, 5.74) is 0. The van der Waals surface area contributed by atoms with Crippen molar-refractivity contribution in [1.29, 1.82) is 0 Å². The molecule has 0 spiro atoms. The number of rotatable bonds is 3. The highest BCUT2D eigenvalue weighted by Crippen LogP contribution is 2.25. The van der Waals surface area contributed by atoms with E-state index in [1.165, 1.54) is 13.4 Å². The molecule has 1 atom stereocenters. The van der Waals surface area contributed by atoms with Crippen molar-refractivity contribution in [1.82, 2.24) is 20.6 Å². The van der Waals surface area contributed by atoms with Gasteiger partial charge >= 0.3 is 0 Å². The number of benzene rings is 1. The van der Waals surface area contributed by atoms with Crippen molar-refractivity contribution >= 4 is 15.7 Å². The van der Waals surface area contributed by atoms with Crippen LogP contribution in [0.3, 0.4) is 0 Å². The monoisotopic (exact) mass is 253 g/mol. The number of ether oxygens (including phenoxy) is 1. The van der Waals surface area contributed by atoms with Crippen molar-refractivity contribution in [3.63, 3.8) is 0 Å². The third kappa shape index (κ3) is 2.41. The van der Waals surface area contributed by atoms with E-state index in [4.69, 9.17) is 4.74 Å². The Balaban J connectivity index is 2.55. The Hall–Kier alpha value is -1.96. The molecule has 1 aromatic heterocycles. The van der Waals surface area contributed by atoms with Crippen LogP contribution in [-0.2, 0) is 9.73 Å². The van der Waals surface area contributed by atoms with E-state index in [0.717, 1.165) is 0 Å². The minimum Gasteiger partial charge on any atom is -0.495 e. The summed E-state index contributed by atoms with van der Waals surface area (Å²) in [7, 11) is -1.14. The van der Waals surface area contributed by atoms with Gasteiger partial charge in [0.1, 0.15) is 5.75 Å². The van der Waals surface area contributed by atoms with Crippen molar-refractivity contribution in [2.24, 2.45) is 4.36 Å². The molecule has 1 unspecified atom stereocenters. The number of aromatic amines is 1. The van der Waals surface area contributed by atoms with Crippen LogP contribution in [0.2, 0.25) is 0 Å². The van der Waals surface area contributed by atoms with Gasteiger partial charge in [-0.25, -0.2) is 4.21 Å². The van der Waals surface area contributed by atoms with E-state index >= 15 is 0 Å². The van der Waals surface area contributed by atoms with Gasteiger partial charge in [-0.15, -0.1) is 5.10 Å². The largest absolute Gasteiger partial charge is 0.495 e. The predicted octanol–water partition coefficient (Wildman–Crippen LogP) is 0.997. The number of tetrazole rings is 1. The Morgan fingerprint density at radius 3 is 2.82 bits per heavy atom. The molecule has 0 aliphatic heterocycles. The first kappa shape index (κ1) is 11.5. The summed E-state index contributed by atoms with van der Waals surface area (Å²) in [6, 6.07) is 6.99. The summed E-state index contributed by atoms with van der Waals surface area (Å²) < 4.78 is 21.6. The first-order valence-electron chi connectivity index (χ1n) is 4.72. The van der Waals surface area contributed by atoms with Crippen LogP contribution < -0.4 is 4.74 Å². The molecule has 0 amide bonds. The number of H-pyrrole nitrogens is 1. The fourth-order valence-electron chi connectivity index (χ4n) is 1.33. The highest BCUT2D eigenvalue weighted by atomic mass is 32.2. The summed E-state index contributed by atoms with van der Waals surface area (Å²) >= 11 is 0. The molecule has 0 radical (unpaired) electrons. The van der Waals surface area contributed by atoms with E-state index < -0.39 is 9.73 Å². The lowest BCUT2D eigenvalue weighted by Crippen LogP contribution is -2.00. The molecule has 0 fully saturated rings. The van der Waals surface area contributed by atoms with Crippen molar-refractivity contribution in [3.8, 4) is 5.75 Å². The molecule has 1 aromatic carbocycles. The fourth-order valence-corrected chi connectivity index (χ4v) is 2.67. The molecular formula is C9H11N5O2S. The Labute approximate surface area is 98.4 Å². The van der Waals surface area contributed by atoms with Gasteiger partial charge in [-0.1, -0.05) is 17.2 Å². The lowest BCUT2D eigenvalue weighted by molar-refractivity contribution is 0.404. The molecule has 2 rings (SSSR count). The second kappa shape index (κ2) is 4.50. The molecule has 0 aliphatic carbocycles. The second-order valence-electron chi connectivity index (χ2n) is 3.26. The number of para-hydroxylation sites is 1. The molecule has 1 N–H and O–H groups in total. The van der Waals surface area contributed by atoms with Gasteiger partial charge in [-0.3, -0.25) is 0 Å². The van der Waals surface area contributed by atoms with E-state index in [0.29, 0.717) is 10.6 Å². The highest BCUT2D eigenvalue weighted by molar-refractivity contribution is 7.93. The van der Waals surface area contributed by atoms with E-state index in [1.54, 1.807) is 24.3 Å². The fraction of sp³-hybridized carbons (Fsp3) is 0.222. The SMILES string of the molecule is COc1ccccc1S(C)(=O)=Nc1nn[nH]n1. The van der Waals surface area contributed by atoms with Crippen molar-refractivity contribution in [2.45, 2.75) is 4.90 Å². The normalized spacial score (nSPS) is 14.0. The third-order valence-electron chi connectivity index (χ3n) is 2.07. The molecule has 2 aromatic rings. The van der Waals surface area contributed by atoms with Gasteiger partial charge in [0.25, 0.3) is 5.95 Å². The van der Waals surface area contributed by atoms with Crippen LogP contribution in [0.25, 0.3) is 0 Å². The Bertz CT molecular complexity index is 616. The lowest BCUT2D eigenvalue weighted by Gasteiger charge is -2.08. The van der Waals surface area contributed by atoms with E-state index in [1.807, 2.05) is 0 Å². The molecular weight excluding hydrogens is 242 g/mol. The van der Waals surface area contributed by atoms with Crippen LogP contribution in [0.5, 0.6) is 5.75 Å². The van der Waals surface area contributed by atoms with Crippen LogP contribution in [-0.4, -0.2) is 38.2 Å². The van der Waals surface area contributed by atoms with E-state index in [9.17, 15) is 4.21 Å². The standard InChI is InChI=1S/C9H11N5O2S/c1-16-7-5-3-4-6-8(7)17(2,15)12-9-10-13-14-11-9/h3-6H,1-2H3,(H,10,11,13,14). The molecule has 17 heavy (non-hydrogen) atoms. The van der Waals surface area contributed by atoms with Crippen LogP contribution in [0.15, 0.2) is 33.5 Å². The summed E-state index contributed by atoms with van der Waals surface area (Å²) in [4.78, 5) is 0.507. The van der Waals surface area contributed by atoms with Gasteiger partial charge in [0.2, 0.25) is 0 Å². The van der Waals surface area contributed by atoms with E-state index in [2.05, 4.69) is 25.0 Å². The molecule has 90 valence electrons. The zero-order chi connectivity index (χ0) is 12.3. The summed E-state index contributed by atoms with van der Waals surface area (Å²) in [6.07, 6.45) is 1.50. The number of methoxy groups -OCH3 is 1. The Morgan fingerprint density at radius 2 is 2.18 bits per heavy atom. The Kier molecular flexibility index (Phi) is 3.05. The predicted molar refractivity (Wildman–Crippen MR) is 61.6 cm³/mol. The van der Waals surface area contributed by atoms with Gasteiger partial charge in [0.05, 0.1) is 21.7 Å². The minimum atomic E-state index is -2.66. The molecule has 0 aliphatic rings. The molecule has 8 heteroatoms. The average Bonchev–Trinajstić information content (AvgIpc) is 2.81. The van der Waals surface area contributed by atoms with Crippen LogP contribution in [0.1, 0.15) is 0 Å². The average molecular weight is 253 g/mol. The maximum atomic E-state index is 12.5. The molecule has 0 bridgehead atoms. The smallest absolute Gasteiger partial charge is 0.297 e. The number of hydrogen-bond donors (Lipinski definition) is 1. The summed E-state index contributed by atoms with van der Waals surface area (Å²) in [6.45, 7) is 0. The van der Waals surface area contributed by atoms with Crippen molar-refractivity contribution in [2.75, 3.05) is 13.4 Å². The second-order valence-corrected chi connectivity index (χ2v) is 5.48. The molecule has 7 nitrogen and oxygen atoms in total. The van der Waals surface area contributed by atoms with Crippen molar-refractivity contribution in [3.05, 3.63) is 24.3 Å². The minimum absolute atomic E-state index is 0.0587. The first-order valence-corrected chi connectivity index (χ1v) is 6.64. The zero-order valence-electron chi connectivity index (χ0n) is 9.32. The van der Waals surface area contributed by atoms with Crippen molar-refractivity contribution < 1.29 is 8.95 Å². The number of nitrogens with one attached hydrogen (secondary N) is 1. The quantitative estimate of drug-likeness (QED) is 0.880. The van der Waals surface area contributed by atoms with Gasteiger partial charge in [0, 0.05) is 6.26 Å². The molecule has 1 heterocycles. The third-order valence-corrected chi connectivity index (χ3v) is 3.73. The maximum Gasteiger partial charge on any atom is 0.297 e. The summed E-state index contributed by atoms with van der Waals surface area (Å²) in [5.74, 6) is 0.579. The number of nitrogens with zero attached hydrogens (tertiary/aromatic N) is 4. The first-order chi connectivity index (χ1) is 8.13. The zero-order valence-corrected chi connectivity index (χ0v) is 10.1. The van der Waals surface area contributed by atoms with Gasteiger partial charge in [0.15, 0.2) is 0 Å². The Morgan fingerprint density at radius 1 is 1.41 bits per heavy atom. The van der Waals surface area contributed by atoms with Crippen LogP contribution in [0.4, 0.5) is 5.95 Å². The van der Waals surface area contributed by atoms with Crippen LogP contribution >= 0.6 is 0 Å². The molecule has 0 saturated heterocycles. The van der Waals surface area contributed by atoms with Gasteiger partial charge < -0.3 is 4.74 Å². The van der Waals surface area contributed by atoms with E-state index in [-0.39, 0.29) is 5.95 Å². The number of hydrogen-bond acceptors (Lipinski definition) is 6. The summed E-state index contributed by atoms with van der Waals surface area (Å²) in [5, 5.41) is 12.9. The maximum absolute atomic E-state index is 12.5. The number of aromatic nitrogens is 4. The van der Waals surface area contributed by atoms with Crippen LogP contribution in [0, 0.1) is 0 Å². The lowest BCUT2D eigenvalue weighted by atomic mass is 10.3. The molecule has 0 saturated carbocycles. The van der Waals surface area contributed by atoms with Gasteiger partial charge in [-0.05, 0) is 17.3 Å². The highest BCUT2D eigenvalue weighted by Gasteiger charge is 2.13.